The standard InChI is InChI=1S/C26H23ClFN3O3S/c1-34-22-12-2-17(3-13-22)14-15-30-23(16-24(32)29-20-8-4-18(27)5-9-20)25(33)31(26(30)35)21-10-6-19(28)7-11-21/h2-13,23H,14-16H2,1H3,(H,29,32). The maximum absolute atomic E-state index is 13.5. The maximum atomic E-state index is 13.5. The minimum absolute atomic E-state index is 0.0953. The van der Waals surface area contributed by atoms with Crippen molar-refractivity contribution in [2.24, 2.45) is 0 Å². The third-order valence-corrected chi connectivity index (χ3v) is 6.38. The van der Waals surface area contributed by atoms with Crippen LogP contribution in [0.1, 0.15) is 12.0 Å². The van der Waals surface area contributed by atoms with E-state index in [1.165, 1.54) is 29.2 Å². The van der Waals surface area contributed by atoms with Crippen LogP contribution in [-0.4, -0.2) is 41.5 Å². The van der Waals surface area contributed by atoms with Crippen LogP contribution in [0, 0.1) is 5.82 Å². The molecule has 6 nitrogen and oxygen atoms in total. The molecule has 2 amide bonds. The lowest BCUT2D eigenvalue weighted by atomic mass is 10.1. The largest absolute Gasteiger partial charge is 0.497 e. The summed E-state index contributed by atoms with van der Waals surface area (Å²) in [4.78, 5) is 29.4. The van der Waals surface area contributed by atoms with E-state index in [1.807, 2.05) is 24.3 Å². The Bertz CT molecular complexity index is 1220. The maximum Gasteiger partial charge on any atom is 0.256 e. The first-order valence-corrected chi connectivity index (χ1v) is 11.7. The van der Waals surface area contributed by atoms with Gasteiger partial charge in [0.1, 0.15) is 17.6 Å². The van der Waals surface area contributed by atoms with E-state index in [2.05, 4.69) is 5.32 Å². The summed E-state index contributed by atoms with van der Waals surface area (Å²) in [5, 5.41) is 3.63. The molecule has 1 unspecified atom stereocenters. The second kappa shape index (κ2) is 10.8. The van der Waals surface area contributed by atoms with Crippen LogP contribution >= 0.6 is 23.8 Å². The summed E-state index contributed by atoms with van der Waals surface area (Å²) in [5.74, 6) is -0.326. The molecule has 0 saturated carbocycles. The van der Waals surface area contributed by atoms with E-state index in [0.717, 1.165) is 11.3 Å². The van der Waals surface area contributed by atoms with Crippen LogP contribution in [0.15, 0.2) is 72.8 Å². The average molecular weight is 512 g/mol. The summed E-state index contributed by atoms with van der Waals surface area (Å²) in [5.41, 5.74) is 2.06. The van der Waals surface area contributed by atoms with Crippen molar-refractivity contribution in [2.45, 2.75) is 18.9 Å². The molecular formula is C26H23ClFN3O3S. The van der Waals surface area contributed by atoms with Crippen LogP contribution in [-0.2, 0) is 16.0 Å². The van der Waals surface area contributed by atoms with Crippen molar-refractivity contribution in [1.29, 1.82) is 0 Å². The number of carbonyl (C=O) groups excluding carboxylic acids is 2. The number of nitrogens with zero attached hydrogens (tertiary/aromatic N) is 2. The Morgan fingerprint density at radius 2 is 1.71 bits per heavy atom. The highest BCUT2D eigenvalue weighted by atomic mass is 35.5. The van der Waals surface area contributed by atoms with Gasteiger partial charge in [-0.1, -0.05) is 23.7 Å². The lowest BCUT2D eigenvalue weighted by molar-refractivity contribution is -0.124. The molecule has 1 heterocycles. The van der Waals surface area contributed by atoms with Crippen LogP contribution < -0.4 is 15.0 Å². The Kier molecular flexibility index (Phi) is 7.63. The third-order valence-electron chi connectivity index (χ3n) is 5.71. The SMILES string of the molecule is COc1ccc(CCN2C(=S)N(c3ccc(F)cc3)C(=O)C2CC(=O)Nc2ccc(Cl)cc2)cc1. The number of hydrogen-bond acceptors (Lipinski definition) is 4. The number of halogens is 2. The van der Waals surface area contributed by atoms with Crippen molar-refractivity contribution in [1.82, 2.24) is 4.90 Å². The Morgan fingerprint density at radius 1 is 1.06 bits per heavy atom. The molecule has 0 bridgehead atoms. The molecule has 0 radical (unpaired) electrons. The quantitative estimate of drug-likeness (QED) is 0.428. The first-order chi connectivity index (χ1) is 16.9. The fourth-order valence-electron chi connectivity index (χ4n) is 3.88. The van der Waals surface area contributed by atoms with Gasteiger partial charge in [0.15, 0.2) is 5.11 Å². The molecule has 1 atom stereocenters. The van der Waals surface area contributed by atoms with Crippen LogP contribution in [0.2, 0.25) is 5.02 Å². The summed E-state index contributed by atoms with van der Waals surface area (Å²) in [6, 6.07) is 19.1. The van der Waals surface area contributed by atoms with Gasteiger partial charge < -0.3 is 15.0 Å². The predicted molar refractivity (Wildman–Crippen MR) is 138 cm³/mol. The summed E-state index contributed by atoms with van der Waals surface area (Å²) in [7, 11) is 1.60. The van der Waals surface area contributed by atoms with Gasteiger partial charge in [-0.15, -0.1) is 0 Å². The highest BCUT2D eigenvalue weighted by Gasteiger charge is 2.43. The van der Waals surface area contributed by atoms with Gasteiger partial charge in [0.05, 0.1) is 19.2 Å². The molecule has 1 saturated heterocycles. The second-order valence-corrected chi connectivity index (χ2v) is 8.80. The van der Waals surface area contributed by atoms with Crippen molar-refractivity contribution in [3.8, 4) is 5.75 Å². The third kappa shape index (κ3) is 5.78. The Balaban J connectivity index is 1.54. The molecule has 1 fully saturated rings. The molecule has 3 aromatic carbocycles. The Morgan fingerprint density at radius 3 is 2.34 bits per heavy atom. The zero-order valence-corrected chi connectivity index (χ0v) is 20.5. The number of carbonyl (C=O) groups is 2. The normalized spacial score (nSPS) is 15.5. The lowest BCUT2D eigenvalue weighted by Crippen LogP contribution is -2.39. The van der Waals surface area contributed by atoms with E-state index >= 15 is 0 Å². The zero-order valence-electron chi connectivity index (χ0n) is 18.9. The van der Waals surface area contributed by atoms with Gasteiger partial charge >= 0.3 is 0 Å². The fraction of sp³-hybridized carbons (Fsp3) is 0.192. The van der Waals surface area contributed by atoms with Gasteiger partial charge in [0, 0.05) is 17.3 Å². The minimum atomic E-state index is -0.793. The molecular weight excluding hydrogens is 489 g/mol. The fourth-order valence-corrected chi connectivity index (χ4v) is 4.42. The highest BCUT2D eigenvalue weighted by molar-refractivity contribution is 7.80. The number of thiocarbonyl (C=S) groups is 1. The number of amides is 2. The first-order valence-electron chi connectivity index (χ1n) is 10.9. The molecule has 0 aromatic heterocycles. The van der Waals surface area contributed by atoms with Crippen LogP contribution in [0.4, 0.5) is 15.8 Å². The van der Waals surface area contributed by atoms with Crippen molar-refractivity contribution in [3.63, 3.8) is 0 Å². The zero-order chi connectivity index (χ0) is 24.9. The minimum Gasteiger partial charge on any atom is -0.497 e. The van der Waals surface area contributed by atoms with Crippen LogP contribution in [0.3, 0.4) is 0 Å². The average Bonchev–Trinajstić information content (AvgIpc) is 3.08. The van der Waals surface area contributed by atoms with E-state index in [4.69, 9.17) is 28.6 Å². The van der Waals surface area contributed by atoms with Crippen molar-refractivity contribution >= 4 is 52.1 Å². The molecule has 180 valence electrons. The van der Waals surface area contributed by atoms with Gasteiger partial charge in [-0.05, 0) is 84.9 Å². The molecule has 0 aliphatic carbocycles. The molecule has 0 spiro atoms. The van der Waals surface area contributed by atoms with Crippen LogP contribution in [0.5, 0.6) is 5.75 Å². The highest BCUT2D eigenvalue weighted by Crippen LogP contribution is 2.28. The van der Waals surface area contributed by atoms with Crippen molar-refractivity contribution in [2.75, 3.05) is 23.9 Å². The number of anilines is 2. The van der Waals surface area contributed by atoms with Gasteiger partial charge in [-0.3, -0.25) is 14.5 Å². The van der Waals surface area contributed by atoms with Gasteiger partial charge in [-0.2, -0.15) is 0 Å². The molecule has 1 aliphatic rings. The molecule has 4 rings (SSSR count). The van der Waals surface area contributed by atoms with Crippen molar-refractivity contribution in [3.05, 3.63) is 89.2 Å². The Hall–Kier alpha value is -3.49. The monoisotopic (exact) mass is 511 g/mol. The first kappa shape index (κ1) is 24.6. The summed E-state index contributed by atoms with van der Waals surface area (Å²) >= 11 is 11.6. The molecule has 1 N–H and O–H groups in total. The molecule has 9 heteroatoms. The number of hydrogen-bond donors (Lipinski definition) is 1. The van der Waals surface area contributed by atoms with Crippen molar-refractivity contribution < 1.29 is 18.7 Å². The summed E-state index contributed by atoms with van der Waals surface area (Å²) in [6.45, 7) is 0.424. The van der Waals surface area contributed by atoms with E-state index in [9.17, 15) is 14.0 Å². The van der Waals surface area contributed by atoms with E-state index < -0.39 is 11.9 Å². The van der Waals surface area contributed by atoms with E-state index in [0.29, 0.717) is 29.4 Å². The van der Waals surface area contributed by atoms with E-state index in [1.54, 1.807) is 36.3 Å². The number of methoxy groups -OCH3 is 1. The smallest absolute Gasteiger partial charge is 0.256 e. The second-order valence-electron chi connectivity index (χ2n) is 8.00. The van der Waals surface area contributed by atoms with Gasteiger partial charge in [0.2, 0.25) is 5.91 Å². The number of benzene rings is 3. The lowest BCUT2D eigenvalue weighted by Gasteiger charge is -2.24. The number of nitrogens with one attached hydrogen (secondary N) is 1. The van der Waals surface area contributed by atoms with Gasteiger partial charge in [0.25, 0.3) is 5.91 Å². The summed E-state index contributed by atoms with van der Waals surface area (Å²) < 4.78 is 18.7. The predicted octanol–water partition coefficient (Wildman–Crippen LogP) is 5.06. The summed E-state index contributed by atoms with van der Waals surface area (Å²) in [6.07, 6.45) is 0.506. The van der Waals surface area contributed by atoms with Crippen LogP contribution in [0.25, 0.3) is 0 Å². The Labute approximate surface area is 213 Å². The molecule has 3 aromatic rings. The molecule has 1 aliphatic heterocycles. The number of ether oxygens (including phenoxy) is 1. The number of rotatable bonds is 8. The molecule has 35 heavy (non-hydrogen) atoms. The van der Waals surface area contributed by atoms with Gasteiger partial charge in [-0.25, -0.2) is 4.39 Å². The van der Waals surface area contributed by atoms with E-state index in [-0.39, 0.29) is 23.3 Å². The topological polar surface area (TPSA) is 61.9 Å².